The van der Waals surface area contributed by atoms with Gasteiger partial charge in [0.2, 0.25) is 0 Å². The highest BCUT2D eigenvalue weighted by Crippen LogP contribution is 2.29. The van der Waals surface area contributed by atoms with Gasteiger partial charge in [-0.15, -0.1) is 0 Å². The number of alkyl halides is 3. The largest absolute Gasteiger partial charge is 0.266 e. The van der Waals surface area contributed by atoms with E-state index in [1.807, 2.05) is 0 Å². The average Bonchev–Trinajstić information content (AvgIpc) is 2.16. The van der Waals surface area contributed by atoms with Crippen molar-refractivity contribution in [1.29, 1.82) is 5.26 Å². The lowest BCUT2D eigenvalue weighted by Crippen LogP contribution is -2.01. The molecule has 0 spiro atoms. The minimum Gasteiger partial charge on any atom is -0.258 e. The monoisotopic (exact) mass is 372 g/mol. The van der Waals surface area contributed by atoms with Crippen molar-refractivity contribution < 1.29 is 8.78 Å². The van der Waals surface area contributed by atoms with Crippen molar-refractivity contribution in [3.63, 3.8) is 0 Å². The van der Waals surface area contributed by atoms with Crippen molar-refractivity contribution in [3.8, 4) is 6.07 Å². The molecule has 6 heteroatoms. The molecular weight excluding hydrogens is 369 g/mol. The Labute approximate surface area is 102 Å². The predicted octanol–water partition coefficient (Wildman–Crippen LogP) is 3.39. The molecule has 0 saturated carbocycles. The van der Waals surface area contributed by atoms with Crippen molar-refractivity contribution in [1.82, 2.24) is 4.98 Å². The first-order valence-electron chi connectivity index (χ1n) is 3.53. The third-order valence-corrected chi connectivity index (χ3v) is 3.33. The van der Waals surface area contributed by atoms with Crippen molar-refractivity contribution >= 4 is 38.5 Å². The normalized spacial score (nSPS) is 10.3. The smallest absolute Gasteiger partial charge is 0.258 e. The molecule has 0 bridgehead atoms. The maximum Gasteiger partial charge on any atom is 0.266 e. The summed E-state index contributed by atoms with van der Waals surface area (Å²) < 4.78 is 25.5. The zero-order valence-corrected chi connectivity index (χ0v) is 10.5. The van der Waals surface area contributed by atoms with Crippen molar-refractivity contribution in [2.24, 2.45) is 0 Å². The van der Waals surface area contributed by atoms with Gasteiger partial charge in [0.05, 0.1) is 16.8 Å². The number of halogens is 4. The Bertz CT molecular complexity index is 390. The molecule has 0 aliphatic rings. The molecular formula is C8H4BrF2IN2. The molecule has 1 aromatic rings. The molecule has 0 N–H and O–H groups in total. The second-order valence-electron chi connectivity index (χ2n) is 2.39. The molecule has 0 saturated heterocycles. The van der Waals surface area contributed by atoms with Crippen LogP contribution >= 0.6 is 38.5 Å². The van der Waals surface area contributed by atoms with Crippen LogP contribution in [-0.4, -0.2) is 4.98 Å². The molecule has 14 heavy (non-hydrogen) atoms. The number of hydrogen-bond acceptors (Lipinski definition) is 2. The van der Waals surface area contributed by atoms with Gasteiger partial charge in [-0.25, -0.2) is 8.78 Å². The highest BCUT2D eigenvalue weighted by molar-refractivity contribution is 14.1. The van der Waals surface area contributed by atoms with Crippen LogP contribution in [0.4, 0.5) is 8.78 Å². The standard InChI is InChI=1S/C8H4BrF2IN2/c9-1-5-7(12)6(8(10)11)4(2-13)3-14-5/h3,8H,1H2. The Morgan fingerprint density at radius 1 is 1.64 bits per heavy atom. The van der Waals surface area contributed by atoms with Crippen LogP contribution < -0.4 is 0 Å². The molecule has 74 valence electrons. The molecule has 0 aliphatic heterocycles. The summed E-state index contributed by atoms with van der Waals surface area (Å²) in [6.45, 7) is 0. The van der Waals surface area contributed by atoms with E-state index in [2.05, 4.69) is 20.9 Å². The second kappa shape index (κ2) is 4.98. The van der Waals surface area contributed by atoms with Crippen LogP contribution in [0.1, 0.15) is 23.2 Å². The van der Waals surface area contributed by atoms with E-state index in [1.54, 1.807) is 28.7 Å². The predicted molar refractivity (Wildman–Crippen MR) is 59.3 cm³/mol. The van der Waals surface area contributed by atoms with E-state index in [9.17, 15) is 8.78 Å². The highest BCUT2D eigenvalue weighted by atomic mass is 127. The van der Waals surface area contributed by atoms with E-state index in [0.29, 0.717) is 14.6 Å². The molecule has 0 amide bonds. The molecule has 0 radical (unpaired) electrons. The fraction of sp³-hybridized carbons (Fsp3) is 0.250. The summed E-state index contributed by atoms with van der Waals surface area (Å²) in [5.41, 5.74) is 0.242. The fourth-order valence-corrected chi connectivity index (χ4v) is 2.74. The number of nitriles is 1. The fourth-order valence-electron chi connectivity index (χ4n) is 0.938. The van der Waals surface area contributed by atoms with Gasteiger partial charge in [0.25, 0.3) is 6.43 Å². The van der Waals surface area contributed by atoms with Gasteiger partial charge >= 0.3 is 0 Å². The molecule has 0 aromatic carbocycles. The third kappa shape index (κ3) is 2.20. The summed E-state index contributed by atoms with van der Waals surface area (Å²) in [5, 5.41) is 9.02. The molecule has 1 heterocycles. The van der Waals surface area contributed by atoms with Crippen LogP contribution in [0.25, 0.3) is 0 Å². The van der Waals surface area contributed by atoms with Gasteiger partial charge in [-0.1, -0.05) is 15.9 Å². The second-order valence-corrected chi connectivity index (χ2v) is 4.03. The Morgan fingerprint density at radius 2 is 2.29 bits per heavy atom. The molecule has 0 unspecified atom stereocenters. The van der Waals surface area contributed by atoms with Crippen LogP contribution in [0, 0.1) is 14.9 Å². The quantitative estimate of drug-likeness (QED) is 0.589. The van der Waals surface area contributed by atoms with Crippen LogP contribution in [0.15, 0.2) is 6.20 Å². The molecule has 2 nitrogen and oxygen atoms in total. The van der Waals surface area contributed by atoms with Gasteiger partial charge in [-0.05, 0) is 22.6 Å². The molecule has 1 rings (SSSR count). The lowest BCUT2D eigenvalue weighted by Gasteiger charge is -2.08. The topological polar surface area (TPSA) is 36.7 Å². The summed E-state index contributed by atoms with van der Waals surface area (Å²) in [4.78, 5) is 3.90. The van der Waals surface area contributed by atoms with Crippen molar-refractivity contribution in [2.75, 3.05) is 0 Å². The summed E-state index contributed by atoms with van der Waals surface area (Å²) in [7, 11) is 0. The van der Waals surface area contributed by atoms with Gasteiger partial charge in [0, 0.05) is 15.1 Å². The average molecular weight is 373 g/mol. The lowest BCUT2D eigenvalue weighted by molar-refractivity contribution is 0.150. The van der Waals surface area contributed by atoms with Gasteiger partial charge in [-0.2, -0.15) is 5.26 Å². The van der Waals surface area contributed by atoms with Gasteiger partial charge in [-0.3, -0.25) is 4.98 Å². The number of nitrogens with zero attached hydrogens (tertiary/aromatic N) is 2. The van der Waals surface area contributed by atoms with Gasteiger partial charge < -0.3 is 0 Å². The maximum atomic E-state index is 12.6. The van der Waals surface area contributed by atoms with Crippen LogP contribution in [-0.2, 0) is 5.33 Å². The lowest BCUT2D eigenvalue weighted by atomic mass is 10.1. The van der Waals surface area contributed by atoms with Crippen LogP contribution in [0.5, 0.6) is 0 Å². The Hall–Kier alpha value is -0.290. The first-order valence-corrected chi connectivity index (χ1v) is 5.73. The summed E-state index contributed by atoms with van der Waals surface area (Å²) in [5.74, 6) is 0. The number of rotatable bonds is 2. The Balaban J connectivity index is 3.41. The SMILES string of the molecule is N#Cc1cnc(CBr)c(I)c1C(F)F. The number of aromatic nitrogens is 1. The maximum absolute atomic E-state index is 12.6. The van der Waals surface area contributed by atoms with E-state index in [4.69, 9.17) is 5.26 Å². The van der Waals surface area contributed by atoms with E-state index >= 15 is 0 Å². The Morgan fingerprint density at radius 3 is 2.71 bits per heavy atom. The van der Waals surface area contributed by atoms with Gasteiger partial charge in [0.1, 0.15) is 6.07 Å². The zero-order chi connectivity index (χ0) is 10.7. The van der Waals surface area contributed by atoms with E-state index in [-0.39, 0.29) is 11.1 Å². The minimum absolute atomic E-state index is 0.0610. The van der Waals surface area contributed by atoms with Crippen LogP contribution in [0.2, 0.25) is 0 Å². The zero-order valence-electron chi connectivity index (χ0n) is 6.77. The first kappa shape index (κ1) is 11.8. The number of hydrogen-bond donors (Lipinski definition) is 0. The van der Waals surface area contributed by atoms with Crippen LogP contribution in [0.3, 0.4) is 0 Å². The minimum atomic E-state index is -2.64. The van der Waals surface area contributed by atoms with Crippen molar-refractivity contribution in [3.05, 3.63) is 26.6 Å². The molecule has 1 aromatic heterocycles. The number of pyridine rings is 1. The van der Waals surface area contributed by atoms with E-state index in [1.165, 1.54) is 6.20 Å². The summed E-state index contributed by atoms with van der Waals surface area (Å²) in [6.07, 6.45) is -1.46. The molecule has 0 fully saturated rings. The highest BCUT2D eigenvalue weighted by Gasteiger charge is 2.19. The first-order chi connectivity index (χ1) is 6.61. The van der Waals surface area contributed by atoms with E-state index in [0.717, 1.165) is 0 Å². The van der Waals surface area contributed by atoms with E-state index < -0.39 is 6.43 Å². The van der Waals surface area contributed by atoms with Crippen molar-refractivity contribution in [2.45, 2.75) is 11.8 Å². The molecule has 0 aliphatic carbocycles. The Kier molecular flexibility index (Phi) is 4.19. The molecule has 0 atom stereocenters. The summed E-state index contributed by atoms with van der Waals surface area (Å²) >= 11 is 4.92. The third-order valence-electron chi connectivity index (χ3n) is 1.59. The summed E-state index contributed by atoms with van der Waals surface area (Å²) in [6, 6.07) is 1.71. The van der Waals surface area contributed by atoms with Gasteiger partial charge in [0.15, 0.2) is 0 Å².